The zero-order valence-corrected chi connectivity index (χ0v) is 40.1. The fourth-order valence-corrected chi connectivity index (χ4v) is 10.4. The molecule has 9 N–H and O–H groups in total. The van der Waals surface area contributed by atoms with Gasteiger partial charge in [0.1, 0.15) is 17.3 Å². The van der Waals surface area contributed by atoms with Gasteiger partial charge in [-0.05, 0) is 131 Å². The Bertz CT molecular complexity index is 2370. The lowest BCUT2D eigenvalue weighted by Gasteiger charge is -2.23. The maximum Gasteiger partial charge on any atom is 0.137 e. The van der Waals surface area contributed by atoms with Crippen molar-refractivity contribution in [2.75, 3.05) is 66.8 Å². The summed E-state index contributed by atoms with van der Waals surface area (Å²) in [6, 6.07) is 18.8. The van der Waals surface area contributed by atoms with Crippen molar-refractivity contribution in [1.29, 1.82) is 0 Å². The van der Waals surface area contributed by atoms with E-state index in [2.05, 4.69) is 79.9 Å². The maximum atomic E-state index is 13.6. The van der Waals surface area contributed by atoms with Gasteiger partial charge in [-0.1, -0.05) is 28.1 Å². The van der Waals surface area contributed by atoms with E-state index in [1.54, 1.807) is 12.1 Å². The van der Waals surface area contributed by atoms with Crippen molar-refractivity contribution >= 4 is 55.7 Å². The number of anilines is 3. The van der Waals surface area contributed by atoms with Gasteiger partial charge in [-0.2, -0.15) is 5.10 Å². The minimum atomic E-state index is -0.103. The Morgan fingerprint density at radius 3 is 2.02 bits per heavy atom. The highest BCUT2D eigenvalue weighted by molar-refractivity contribution is 9.10. The van der Waals surface area contributed by atoms with Gasteiger partial charge in [0.2, 0.25) is 0 Å². The second kappa shape index (κ2) is 20.8. The molecule has 63 heavy (non-hydrogen) atoms. The molecule has 340 valence electrons. The predicted molar refractivity (Wildman–Crippen MR) is 264 cm³/mol. The second-order valence-corrected chi connectivity index (χ2v) is 19.8. The summed E-state index contributed by atoms with van der Waals surface area (Å²) in [7, 11) is 0. The molecule has 4 aliphatic heterocycles. The lowest BCUT2D eigenvalue weighted by atomic mass is 9.94. The number of nitrogens with two attached hydrogens (primary N) is 4. The number of hydrogen-bond donors (Lipinski definition) is 5. The Hall–Kier alpha value is -4.05. The molecule has 1 aliphatic carbocycles. The molecule has 5 aliphatic rings. The Balaban J connectivity index is 0.000000126. The van der Waals surface area contributed by atoms with Crippen LogP contribution in [0.2, 0.25) is 0 Å². The minimum Gasteiger partial charge on any atom is -0.508 e. The highest BCUT2D eigenvalue weighted by Gasteiger charge is 2.28. The third-order valence-electron chi connectivity index (χ3n) is 12.1. The van der Waals surface area contributed by atoms with Crippen LogP contribution < -0.4 is 42.4 Å². The van der Waals surface area contributed by atoms with E-state index in [-0.39, 0.29) is 30.0 Å². The van der Waals surface area contributed by atoms with Crippen molar-refractivity contribution in [3.8, 4) is 11.5 Å². The van der Waals surface area contributed by atoms with Crippen LogP contribution in [-0.2, 0) is 45.1 Å². The first-order valence-electron chi connectivity index (χ1n) is 22.6. The molecule has 0 spiro atoms. The molecular formula is C49H67BrFN9O2S. The second-order valence-electron chi connectivity index (χ2n) is 18.0. The lowest BCUT2D eigenvalue weighted by molar-refractivity contribution is 0.357. The van der Waals surface area contributed by atoms with E-state index < -0.39 is 0 Å². The average Bonchev–Trinajstić information content (AvgIpc) is 4.07. The number of thioether (sulfide) groups is 1. The number of rotatable bonds is 9. The monoisotopic (exact) mass is 943 g/mol. The molecule has 14 heteroatoms. The van der Waals surface area contributed by atoms with E-state index in [1.165, 1.54) is 50.8 Å². The van der Waals surface area contributed by atoms with Crippen LogP contribution in [0.15, 0.2) is 64.0 Å². The van der Waals surface area contributed by atoms with E-state index in [9.17, 15) is 9.50 Å². The molecule has 0 bridgehead atoms. The summed E-state index contributed by atoms with van der Waals surface area (Å²) >= 11 is 4.95. The third-order valence-corrected chi connectivity index (χ3v) is 13.4. The molecule has 5 heterocycles. The number of halogens is 2. The molecule has 10 rings (SSSR count). The normalized spacial score (nSPS) is 17.2. The van der Waals surface area contributed by atoms with Gasteiger partial charge in [0.25, 0.3) is 0 Å². The number of aryl methyl sites for hydroxylation is 2. The van der Waals surface area contributed by atoms with Crippen LogP contribution in [0.1, 0.15) is 67.6 Å². The molecule has 4 atom stereocenters. The van der Waals surface area contributed by atoms with Crippen molar-refractivity contribution in [3.05, 3.63) is 98.4 Å². The summed E-state index contributed by atoms with van der Waals surface area (Å²) in [6.45, 7) is 15.5. The Kier molecular flexibility index (Phi) is 15.5. The number of hydrogen-bond acceptors (Lipinski definition) is 11. The van der Waals surface area contributed by atoms with Crippen LogP contribution in [0.5, 0.6) is 11.5 Å². The van der Waals surface area contributed by atoms with Gasteiger partial charge in [0.05, 0.1) is 24.4 Å². The zero-order valence-electron chi connectivity index (χ0n) is 37.7. The molecule has 4 aromatic carbocycles. The van der Waals surface area contributed by atoms with Crippen LogP contribution in [0.3, 0.4) is 0 Å². The molecular weight excluding hydrogens is 878 g/mol. The van der Waals surface area contributed by atoms with Crippen molar-refractivity contribution in [1.82, 2.24) is 9.78 Å². The van der Waals surface area contributed by atoms with Crippen LogP contribution in [0.4, 0.5) is 21.5 Å². The Morgan fingerprint density at radius 2 is 1.33 bits per heavy atom. The van der Waals surface area contributed by atoms with Crippen molar-refractivity contribution < 1.29 is 14.2 Å². The number of benzene rings is 4. The van der Waals surface area contributed by atoms with Crippen LogP contribution in [0.25, 0.3) is 10.9 Å². The Morgan fingerprint density at radius 1 is 0.714 bits per heavy atom. The molecule has 0 saturated carbocycles. The summed E-state index contributed by atoms with van der Waals surface area (Å²) in [5, 5.41) is 15.6. The lowest BCUT2D eigenvalue weighted by Crippen LogP contribution is -2.34. The topological polar surface area (TPSA) is 161 Å². The number of fused-ring (bicyclic) bond motifs is 5. The number of phenols is 1. The summed E-state index contributed by atoms with van der Waals surface area (Å²) in [5.74, 6) is 1.30. The smallest absolute Gasteiger partial charge is 0.137 e. The van der Waals surface area contributed by atoms with Gasteiger partial charge in [-0.3, -0.25) is 4.68 Å². The van der Waals surface area contributed by atoms with Crippen molar-refractivity contribution in [3.63, 3.8) is 0 Å². The van der Waals surface area contributed by atoms with E-state index in [1.807, 2.05) is 36.9 Å². The summed E-state index contributed by atoms with van der Waals surface area (Å²) in [6.07, 6.45) is 9.34. The first kappa shape index (κ1) is 46.9. The average molecular weight is 945 g/mol. The van der Waals surface area contributed by atoms with Crippen molar-refractivity contribution in [2.45, 2.75) is 108 Å². The van der Waals surface area contributed by atoms with Crippen LogP contribution in [-0.4, -0.2) is 91.2 Å². The summed E-state index contributed by atoms with van der Waals surface area (Å²) in [4.78, 5) is 7.76. The summed E-state index contributed by atoms with van der Waals surface area (Å²) < 4.78 is 22.3. The molecule has 0 radical (unpaired) electrons. The van der Waals surface area contributed by atoms with Crippen LogP contribution in [0, 0.1) is 5.82 Å². The third kappa shape index (κ3) is 11.3. The quantitative estimate of drug-likeness (QED) is 0.0943. The van der Waals surface area contributed by atoms with E-state index in [0.717, 1.165) is 128 Å². The minimum absolute atomic E-state index is 0.0671. The molecule has 0 fully saturated rings. The van der Waals surface area contributed by atoms with Crippen molar-refractivity contribution in [2.24, 2.45) is 22.9 Å². The standard InChI is InChI=1S/C13H17N3O.C13H18N2O.C12H17FN2S.C11H15BrN2/c1-8(14)7-16-12-6-10(17)5-9-3-2-4-11(15-16)13(9)12;1-9(14)8-15-6-4-10-2-3-12-11(13(10)15)5-7-16-12;1-8(14)7-15-4-3-9-5-10(13)12(16-2)6-11(9)15;1-8(13)7-14-5-4-9-2-3-10(12)6-11(9)14/h5-6,8,17H,2-4,7,14H2,1H3;2-3,9H,4-8,14H2,1H3;5-6,8H,3-4,7,14H2,1-2H3;2-3,6,8H,4-5,7,13H2,1H3/t;9-;2*8-/m.000/s1. The molecule has 11 nitrogen and oxygen atoms in total. The molecule has 1 unspecified atom stereocenters. The maximum absolute atomic E-state index is 13.6. The Labute approximate surface area is 385 Å². The SMILES string of the molecule is CC(N)Cn1nc2c3c(cc(O)cc31)CCC2.CSc1cc2c(cc1F)CCN2C[C@H](C)N.C[C@H](N)CN1CCc2ccc(Br)cc21.C[C@H](N)CN1CCc2ccc3c(c21)CCO3. The molecule has 1 aromatic heterocycles. The van der Waals surface area contributed by atoms with E-state index in [4.69, 9.17) is 27.7 Å². The van der Waals surface area contributed by atoms with Gasteiger partial charge >= 0.3 is 0 Å². The first-order chi connectivity index (χ1) is 30.2. The van der Waals surface area contributed by atoms with Gasteiger partial charge in [-0.25, -0.2) is 4.39 Å². The highest BCUT2D eigenvalue weighted by atomic mass is 79.9. The number of ether oxygens (including phenoxy) is 1. The number of aromatic nitrogens is 2. The number of aromatic hydroxyl groups is 1. The predicted octanol–water partition coefficient (Wildman–Crippen LogP) is 7.33. The highest BCUT2D eigenvalue weighted by Crippen LogP contribution is 2.40. The zero-order chi connectivity index (χ0) is 44.9. The first-order valence-corrected chi connectivity index (χ1v) is 24.6. The fraction of sp³-hybridized carbons (Fsp3) is 0.490. The fourth-order valence-electron chi connectivity index (χ4n) is 9.59. The van der Waals surface area contributed by atoms with Gasteiger partial charge in [0.15, 0.2) is 0 Å². The largest absolute Gasteiger partial charge is 0.508 e. The van der Waals surface area contributed by atoms with Gasteiger partial charge < -0.3 is 47.5 Å². The van der Waals surface area contributed by atoms with Gasteiger partial charge in [-0.15, -0.1) is 11.8 Å². The van der Waals surface area contributed by atoms with Crippen LogP contribution >= 0.6 is 27.7 Å². The molecule has 5 aromatic rings. The van der Waals surface area contributed by atoms with Gasteiger partial charge in [0, 0.05) is 113 Å². The summed E-state index contributed by atoms with van der Waals surface area (Å²) in [5.41, 5.74) is 36.1. The number of phenolic OH excluding ortho intramolecular Hbond substituents is 1. The number of nitrogens with zero attached hydrogens (tertiary/aromatic N) is 5. The van der Waals surface area contributed by atoms with E-state index in [0.29, 0.717) is 12.3 Å². The molecule has 0 saturated heterocycles. The van der Waals surface area contributed by atoms with E-state index >= 15 is 0 Å². The molecule has 0 amide bonds.